The molecule has 0 aliphatic carbocycles. The van der Waals surface area contributed by atoms with Crippen molar-refractivity contribution in [2.75, 3.05) is 6.54 Å². The number of nitrogens with one attached hydrogen (secondary N) is 1. The van der Waals surface area contributed by atoms with Crippen molar-refractivity contribution in [3.05, 3.63) is 29.3 Å². The summed E-state index contributed by atoms with van der Waals surface area (Å²) in [7, 11) is 0. The van der Waals surface area contributed by atoms with Crippen molar-refractivity contribution in [3.63, 3.8) is 0 Å². The van der Waals surface area contributed by atoms with Gasteiger partial charge in [-0.1, -0.05) is 6.07 Å². The summed E-state index contributed by atoms with van der Waals surface area (Å²) in [5.74, 6) is 0.348. The lowest BCUT2D eigenvalue weighted by molar-refractivity contribution is -0.120. The third-order valence-corrected chi connectivity index (χ3v) is 2.49. The summed E-state index contributed by atoms with van der Waals surface area (Å²) >= 11 is 0. The van der Waals surface area contributed by atoms with Crippen LogP contribution in [-0.4, -0.2) is 17.6 Å². The van der Waals surface area contributed by atoms with Crippen LogP contribution >= 0.6 is 0 Å². The highest BCUT2D eigenvalue weighted by Gasteiger charge is 2.11. The summed E-state index contributed by atoms with van der Waals surface area (Å²) in [6, 6.07) is 5.22. The van der Waals surface area contributed by atoms with E-state index in [0.29, 0.717) is 6.42 Å². The van der Waals surface area contributed by atoms with Crippen LogP contribution in [0.4, 0.5) is 0 Å². The number of aromatic hydroxyl groups is 1. The highest BCUT2D eigenvalue weighted by Crippen LogP contribution is 2.19. The lowest BCUT2D eigenvalue weighted by Crippen LogP contribution is -2.28. The Hall–Kier alpha value is -1.51. The van der Waals surface area contributed by atoms with Crippen LogP contribution in [-0.2, 0) is 17.6 Å². The molecule has 1 aliphatic heterocycles. The third-order valence-electron chi connectivity index (χ3n) is 2.49. The van der Waals surface area contributed by atoms with Gasteiger partial charge < -0.3 is 10.4 Å². The van der Waals surface area contributed by atoms with E-state index in [0.717, 1.165) is 30.5 Å². The van der Waals surface area contributed by atoms with Crippen LogP contribution in [0.1, 0.15) is 17.5 Å². The summed E-state index contributed by atoms with van der Waals surface area (Å²) in [4.78, 5) is 11.3. The molecular weight excluding hydrogens is 178 g/mol. The molecule has 0 unspecified atom stereocenters. The first kappa shape index (κ1) is 9.06. The molecule has 0 atom stereocenters. The Morgan fingerprint density at radius 3 is 3.00 bits per heavy atom. The van der Waals surface area contributed by atoms with E-state index < -0.39 is 0 Å². The van der Waals surface area contributed by atoms with E-state index in [1.165, 1.54) is 0 Å². The Labute approximate surface area is 82.8 Å². The average Bonchev–Trinajstić information content (AvgIpc) is 2.13. The molecule has 1 aromatic rings. The SMILES string of the molecule is O=C1Cc2ccc(O)cc2CCCN1. The molecule has 0 spiro atoms. The fraction of sp³-hybridized carbons (Fsp3) is 0.364. The summed E-state index contributed by atoms with van der Waals surface area (Å²) in [6.45, 7) is 0.730. The van der Waals surface area contributed by atoms with Gasteiger partial charge in [-0.2, -0.15) is 0 Å². The molecule has 1 aromatic carbocycles. The maximum atomic E-state index is 11.3. The van der Waals surface area contributed by atoms with Crippen molar-refractivity contribution >= 4 is 5.91 Å². The third kappa shape index (κ3) is 1.87. The number of benzene rings is 1. The predicted octanol–water partition coefficient (Wildman–Crippen LogP) is 0.997. The quantitative estimate of drug-likeness (QED) is 0.642. The molecular formula is C11H13NO2. The van der Waals surface area contributed by atoms with Gasteiger partial charge >= 0.3 is 0 Å². The van der Waals surface area contributed by atoms with Crippen LogP contribution in [0.25, 0.3) is 0 Å². The zero-order valence-electron chi connectivity index (χ0n) is 7.92. The number of carbonyl (C=O) groups excluding carboxylic acids is 1. The Bertz CT molecular complexity index is 360. The van der Waals surface area contributed by atoms with E-state index in [-0.39, 0.29) is 11.7 Å². The smallest absolute Gasteiger partial charge is 0.224 e. The van der Waals surface area contributed by atoms with Gasteiger partial charge in [-0.15, -0.1) is 0 Å². The van der Waals surface area contributed by atoms with E-state index in [1.54, 1.807) is 12.1 Å². The van der Waals surface area contributed by atoms with Crippen molar-refractivity contribution in [1.29, 1.82) is 0 Å². The molecule has 14 heavy (non-hydrogen) atoms. The van der Waals surface area contributed by atoms with E-state index in [4.69, 9.17) is 0 Å². The number of carbonyl (C=O) groups is 1. The molecule has 1 aliphatic rings. The first-order valence-electron chi connectivity index (χ1n) is 4.83. The number of amides is 1. The topological polar surface area (TPSA) is 49.3 Å². The molecule has 1 amide bonds. The average molecular weight is 191 g/mol. The van der Waals surface area contributed by atoms with Crippen molar-refractivity contribution in [2.24, 2.45) is 0 Å². The van der Waals surface area contributed by atoms with Gasteiger partial charge in [0.2, 0.25) is 5.91 Å². The van der Waals surface area contributed by atoms with Crippen LogP contribution < -0.4 is 5.32 Å². The second-order valence-electron chi connectivity index (χ2n) is 3.58. The molecule has 0 bridgehead atoms. The lowest BCUT2D eigenvalue weighted by atomic mass is 9.98. The molecule has 2 N–H and O–H groups in total. The van der Waals surface area contributed by atoms with Gasteiger partial charge in [0.1, 0.15) is 5.75 Å². The van der Waals surface area contributed by atoms with Crippen LogP contribution in [0.15, 0.2) is 18.2 Å². The zero-order chi connectivity index (χ0) is 9.97. The van der Waals surface area contributed by atoms with Crippen LogP contribution in [0.3, 0.4) is 0 Å². The highest BCUT2D eigenvalue weighted by molar-refractivity contribution is 5.79. The number of phenolic OH excluding ortho intramolecular Hbond substituents is 1. The van der Waals surface area contributed by atoms with E-state index in [9.17, 15) is 9.90 Å². The summed E-state index contributed by atoms with van der Waals surface area (Å²) < 4.78 is 0. The number of hydrogen-bond acceptors (Lipinski definition) is 2. The van der Waals surface area contributed by atoms with Gasteiger partial charge in [0.05, 0.1) is 6.42 Å². The highest BCUT2D eigenvalue weighted by atomic mass is 16.3. The van der Waals surface area contributed by atoms with Crippen LogP contribution in [0.2, 0.25) is 0 Å². The van der Waals surface area contributed by atoms with Crippen molar-refractivity contribution in [3.8, 4) is 5.75 Å². The number of hydrogen-bond donors (Lipinski definition) is 2. The minimum atomic E-state index is 0.0663. The minimum Gasteiger partial charge on any atom is -0.508 e. The van der Waals surface area contributed by atoms with Crippen LogP contribution in [0, 0.1) is 0 Å². The van der Waals surface area contributed by atoms with Crippen LogP contribution in [0.5, 0.6) is 5.75 Å². The predicted molar refractivity (Wildman–Crippen MR) is 53.1 cm³/mol. The van der Waals surface area contributed by atoms with Crippen molar-refractivity contribution in [2.45, 2.75) is 19.3 Å². The van der Waals surface area contributed by atoms with Gasteiger partial charge in [-0.25, -0.2) is 0 Å². The number of fused-ring (bicyclic) bond motifs is 1. The molecule has 74 valence electrons. The molecule has 2 rings (SSSR count). The number of phenols is 1. The number of rotatable bonds is 0. The van der Waals surface area contributed by atoms with Gasteiger partial charge in [-0.05, 0) is 36.1 Å². The second-order valence-corrected chi connectivity index (χ2v) is 3.58. The molecule has 0 radical (unpaired) electrons. The Morgan fingerprint density at radius 2 is 2.14 bits per heavy atom. The van der Waals surface area contributed by atoms with Gasteiger partial charge in [-0.3, -0.25) is 4.79 Å². The van der Waals surface area contributed by atoms with Gasteiger partial charge in [0.25, 0.3) is 0 Å². The largest absolute Gasteiger partial charge is 0.508 e. The Balaban J connectivity index is 2.34. The van der Waals surface area contributed by atoms with E-state index >= 15 is 0 Å². The normalized spacial score (nSPS) is 16.4. The maximum Gasteiger partial charge on any atom is 0.224 e. The zero-order valence-corrected chi connectivity index (χ0v) is 7.92. The molecule has 0 saturated heterocycles. The van der Waals surface area contributed by atoms with Gasteiger partial charge in [0, 0.05) is 6.54 Å². The van der Waals surface area contributed by atoms with Crippen molar-refractivity contribution < 1.29 is 9.90 Å². The van der Waals surface area contributed by atoms with Gasteiger partial charge in [0.15, 0.2) is 0 Å². The fourth-order valence-electron chi connectivity index (χ4n) is 1.76. The number of aryl methyl sites for hydroxylation is 1. The molecule has 3 heteroatoms. The molecule has 0 saturated carbocycles. The minimum absolute atomic E-state index is 0.0663. The molecule has 1 heterocycles. The first-order chi connectivity index (χ1) is 6.75. The van der Waals surface area contributed by atoms with E-state index in [1.807, 2.05) is 6.07 Å². The van der Waals surface area contributed by atoms with Crippen molar-refractivity contribution in [1.82, 2.24) is 5.32 Å². The maximum absolute atomic E-state index is 11.3. The lowest BCUT2D eigenvalue weighted by Gasteiger charge is -2.14. The van der Waals surface area contributed by atoms with E-state index in [2.05, 4.69) is 5.32 Å². The monoisotopic (exact) mass is 191 g/mol. The Morgan fingerprint density at radius 1 is 1.29 bits per heavy atom. The fourth-order valence-corrected chi connectivity index (χ4v) is 1.76. The molecule has 0 aromatic heterocycles. The molecule has 0 fully saturated rings. The first-order valence-corrected chi connectivity index (χ1v) is 4.83. The molecule has 3 nitrogen and oxygen atoms in total. The second kappa shape index (κ2) is 3.70. The Kier molecular flexibility index (Phi) is 2.39. The standard InChI is InChI=1S/C11H13NO2/c13-10-4-3-9-7-11(14)12-5-1-2-8(9)6-10/h3-4,6,13H,1-2,5,7H2,(H,12,14). The summed E-state index contributed by atoms with van der Waals surface area (Å²) in [6.07, 6.45) is 2.28. The summed E-state index contributed by atoms with van der Waals surface area (Å²) in [5, 5.41) is 12.2. The summed E-state index contributed by atoms with van der Waals surface area (Å²) in [5.41, 5.74) is 2.12.